The van der Waals surface area contributed by atoms with E-state index in [0.717, 1.165) is 18.9 Å². The second-order valence-corrected chi connectivity index (χ2v) is 5.78. The van der Waals surface area contributed by atoms with E-state index in [1.807, 2.05) is 0 Å². The molecule has 0 spiro atoms. The summed E-state index contributed by atoms with van der Waals surface area (Å²) in [5.74, 6) is -0.658. The van der Waals surface area contributed by atoms with Crippen molar-refractivity contribution in [2.45, 2.75) is 45.1 Å². The molecule has 1 aromatic carbocycles. The average molecular weight is 253 g/mol. The molecule has 1 aliphatic rings. The predicted molar refractivity (Wildman–Crippen MR) is 69.2 cm³/mol. The van der Waals surface area contributed by atoms with Gasteiger partial charge in [0, 0.05) is 5.54 Å². The molecular formula is C15H21F2N. The summed E-state index contributed by atoms with van der Waals surface area (Å²) in [5.41, 5.74) is 6.45. The minimum Gasteiger partial charge on any atom is -0.325 e. The molecule has 0 bridgehead atoms. The van der Waals surface area contributed by atoms with Crippen molar-refractivity contribution in [3.05, 3.63) is 35.4 Å². The lowest BCUT2D eigenvalue weighted by molar-refractivity contribution is 0.142. The number of nitrogens with two attached hydrogens (primary N) is 1. The topological polar surface area (TPSA) is 26.0 Å². The van der Waals surface area contributed by atoms with Crippen molar-refractivity contribution in [3.63, 3.8) is 0 Å². The fraction of sp³-hybridized carbons (Fsp3) is 0.600. The van der Waals surface area contributed by atoms with Crippen molar-refractivity contribution in [1.29, 1.82) is 0 Å². The normalized spacial score (nSPS) is 32.5. The third kappa shape index (κ3) is 2.41. The number of halogens is 2. The van der Waals surface area contributed by atoms with Crippen LogP contribution in [-0.4, -0.2) is 5.54 Å². The van der Waals surface area contributed by atoms with E-state index in [9.17, 15) is 8.78 Å². The Morgan fingerprint density at radius 3 is 2.78 bits per heavy atom. The number of hydrogen-bond donors (Lipinski definition) is 1. The molecule has 18 heavy (non-hydrogen) atoms. The maximum atomic E-state index is 13.7. The Labute approximate surface area is 107 Å². The standard InChI is InChI=1S/C15H21F2N/c1-10-5-4-8-15(18,11(10)2)9-12-6-3-7-13(16)14(12)17/h3,6-7,10-11H,4-5,8-9,18H2,1-2H3. The third-order valence-corrected chi connectivity index (χ3v) is 4.61. The molecule has 3 heteroatoms. The third-order valence-electron chi connectivity index (χ3n) is 4.61. The van der Waals surface area contributed by atoms with Gasteiger partial charge in [-0.1, -0.05) is 38.8 Å². The minimum atomic E-state index is -0.785. The highest BCUT2D eigenvalue weighted by Crippen LogP contribution is 2.38. The van der Waals surface area contributed by atoms with Crippen LogP contribution in [0.1, 0.15) is 38.7 Å². The Morgan fingerprint density at radius 2 is 2.06 bits per heavy atom. The van der Waals surface area contributed by atoms with Crippen molar-refractivity contribution in [2.24, 2.45) is 17.6 Å². The monoisotopic (exact) mass is 253 g/mol. The second-order valence-electron chi connectivity index (χ2n) is 5.78. The summed E-state index contributed by atoms with van der Waals surface area (Å²) in [6, 6.07) is 4.34. The Kier molecular flexibility index (Phi) is 3.71. The summed E-state index contributed by atoms with van der Waals surface area (Å²) in [4.78, 5) is 0. The van der Waals surface area contributed by atoms with Crippen LogP contribution >= 0.6 is 0 Å². The molecule has 3 unspecified atom stereocenters. The average Bonchev–Trinajstić information content (AvgIpc) is 2.32. The lowest BCUT2D eigenvalue weighted by Gasteiger charge is -2.43. The van der Waals surface area contributed by atoms with Gasteiger partial charge in [-0.3, -0.25) is 0 Å². The number of benzene rings is 1. The van der Waals surface area contributed by atoms with E-state index < -0.39 is 17.2 Å². The fourth-order valence-corrected chi connectivity index (χ4v) is 3.09. The van der Waals surface area contributed by atoms with Gasteiger partial charge in [0.2, 0.25) is 0 Å². The van der Waals surface area contributed by atoms with E-state index >= 15 is 0 Å². The van der Waals surface area contributed by atoms with Crippen LogP contribution in [0.3, 0.4) is 0 Å². The lowest BCUT2D eigenvalue weighted by atomic mass is 9.66. The van der Waals surface area contributed by atoms with Crippen molar-refractivity contribution < 1.29 is 8.78 Å². The molecule has 0 aromatic heterocycles. The molecular weight excluding hydrogens is 232 g/mol. The molecule has 1 nitrogen and oxygen atoms in total. The molecule has 0 aliphatic heterocycles. The summed E-state index contributed by atoms with van der Waals surface area (Å²) < 4.78 is 26.9. The maximum absolute atomic E-state index is 13.7. The highest BCUT2D eigenvalue weighted by Gasteiger charge is 2.38. The molecule has 100 valence electrons. The number of hydrogen-bond acceptors (Lipinski definition) is 1. The molecule has 3 atom stereocenters. The summed E-state index contributed by atoms with van der Waals surface area (Å²) in [6.45, 7) is 4.31. The highest BCUT2D eigenvalue weighted by atomic mass is 19.2. The zero-order valence-corrected chi connectivity index (χ0v) is 11.0. The van der Waals surface area contributed by atoms with Crippen LogP contribution in [-0.2, 0) is 6.42 Å². The Morgan fingerprint density at radius 1 is 1.33 bits per heavy atom. The van der Waals surface area contributed by atoms with Gasteiger partial charge >= 0.3 is 0 Å². The van der Waals surface area contributed by atoms with Crippen LogP contribution in [0.15, 0.2) is 18.2 Å². The van der Waals surface area contributed by atoms with E-state index in [1.54, 1.807) is 12.1 Å². The Balaban J connectivity index is 2.24. The van der Waals surface area contributed by atoms with E-state index in [1.165, 1.54) is 6.42 Å². The van der Waals surface area contributed by atoms with Crippen LogP contribution in [0.25, 0.3) is 0 Å². The zero-order chi connectivity index (χ0) is 13.3. The van der Waals surface area contributed by atoms with Crippen LogP contribution in [0, 0.1) is 23.5 Å². The number of rotatable bonds is 2. The molecule has 1 saturated carbocycles. The first-order valence-electron chi connectivity index (χ1n) is 6.66. The zero-order valence-electron chi connectivity index (χ0n) is 11.0. The van der Waals surface area contributed by atoms with E-state index in [0.29, 0.717) is 23.8 Å². The summed E-state index contributed by atoms with van der Waals surface area (Å²) >= 11 is 0. The summed E-state index contributed by atoms with van der Waals surface area (Å²) in [6.07, 6.45) is 3.54. The molecule has 0 amide bonds. The quantitative estimate of drug-likeness (QED) is 0.855. The smallest absolute Gasteiger partial charge is 0.162 e. The predicted octanol–water partition coefficient (Wildman–Crippen LogP) is 3.66. The van der Waals surface area contributed by atoms with Crippen molar-refractivity contribution in [3.8, 4) is 0 Å². The molecule has 0 radical (unpaired) electrons. The van der Waals surface area contributed by atoms with Crippen LogP contribution in [0.4, 0.5) is 8.78 Å². The lowest BCUT2D eigenvalue weighted by Crippen LogP contribution is -2.52. The minimum absolute atomic E-state index is 0.328. The van der Waals surface area contributed by atoms with E-state index in [4.69, 9.17) is 5.73 Å². The largest absolute Gasteiger partial charge is 0.325 e. The van der Waals surface area contributed by atoms with Crippen LogP contribution < -0.4 is 5.73 Å². The van der Waals surface area contributed by atoms with E-state index in [2.05, 4.69) is 13.8 Å². The van der Waals surface area contributed by atoms with Crippen LogP contribution in [0.5, 0.6) is 0 Å². The Hall–Kier alpha value is -0.960. The SMILES string of the molecule is CC1CCCC(N)(Cc2cccc(F)c2F)C1C. The molecule has 0 saturated heterocycles. The second kappa shape index (κ2) is 4.96. The van der Waals surface area contributed by atoms with Gasteiger partial charge < -0.3 is 5.73 Å². The maximum Gasteiger partial charge on any atom is 0.162 e. The molecule has 1 aliphatic carbocycles. The molecule has 1 fully saturated rings. The van der Waals surface area contributed by atoms with Gasteiger partial charge in [-0.15, -0.1) is 0 Å². The van der Waals surface area contributed by atoms with Crippen LogP contribution in [0.2, 0.25) is 0 Å². The first kappa shape index (κ1) is 13.5. The fourth-order valence-electron chi connectivity index (χ4n) is 3.09. The highest BCUT2D eigenvalue weighted by molar-refractivity contribution is 5.22. The molecule has 0 heterocycles. The first-order chi connectivity index (χ1) is 8.44. The summed E-state index contributed by atoms with van der Waals surface area (Å²) in [5, 5.41) is 0. The van der Waals surface area contributed by atoms with Crippen molar-refractivity contribution in [2.75, 3.05) is 0 Å². The van der Waals surface area contributed by atoms with Gasteiger partial charge in [-0.2, -0.15) is 0 Å². The van der Waals surface area contributed by atoms with Crippen molar-refractivity contribution >= 4 is 0 Å². The van der Waals surface area contributed by atoms with Crippen molar-refractivity contribution in [1.82, 2.24) is 0 Å². The van der Waals surface area contributed by atoms with Gasteiger partial charge in [0.25, 0.3) is 0 Å². The first-order valence-corrected chi connectivity index (χ1v) is 6.66. The summed E-state index contributed by atoms with van der Waals surface area (Å²) in [7, 11) is 0. The Bertz CT molecular complexity index is 433. The van der Waals surface area contributed by atoms with Gasteiger partial charge in [0.05, 0.1) is 0 Å². The van der Waals surface area contributed by atoms with Gasteiger partial charge in [-0.25, -0.2) is 8.78 Å². The van der Waals surface area contributed by atoms with Gasteiger partial charge in [-0.05, 0) is 36.3 Å². The van der Waals surface area contributed by atoms with Gasteiger partial charge in [0.15, 0.2) is 11.6 Å². The molecule has 2 N–H and O–H groups in total. The molecule has 1 aromatic rings. The van der Waals surface area contributed by atoms with Gasteiger partial charge in [0.1, 0.15) is 0 Å². The van der Waals surface area contributed by atoms with E-state index in [-0.39, 0.29) is 0 Å². The molecule has 2 rings (SSSR count).